The molecule has 0 aliphatic heterocycles. The minimum Gasteiger partial charge on any atom is -0.131 e. The van der Waals surface area contributed by atoms with Crippen LogP contribution in [0, 0.1) is 5.92 Å². The van der Waals surface area contributed by atoms with E-state index >= 15 is 0 Å². The average Bonchev–Trinajstić information content (AvgIpc) is 1.62. The van der Waals surface area contributed by atoms with Crippen molar-refractivity contribution < 1.29 is 0 Å². The minimum absolute atomic E-state index is 0. The van der Waals surface area contributed by atoms with Crippen LogP contribution in [0.25, 0.3) is 0 Å². The molecular weight excluding hydrogens is 242 g/mol. The first-order valence-corrected chi connectivity index (χ1v) is 3.85. The molecule has 2 heteroatoms. The molecular formula is C7H18IP. The molecule has 2 atom stereocenters. The molecule has 0 saturated heterocycles. The minimum atomic E-state index is 0. The molecule has 0 fully saturated rings. The molecule has 9 heavy (non-hydrogen) atoms. The van der Waals surface area contributed by atoms with Crippen molar-refractivity contribution in [2.75, 3.05) is 0 Å². The van der Waals surface area contributed by atoms with Crippen LogP contribution in [0.15, 0.2) is 0 Å². The van der Waals surface area contributed by atoms with E-state index in [4.69, 9.17) is 0 Å². The molecule has 2 unspecified atom stereocenters. The van der Waals surface area contributed by atoms with Gasteiger partial charge in [-0.3, -0.25) is 0 Å². The van der Waals surface area contributed by atoms with E-state index in [-0.39, 0.29) is 24.0 Å². The molecule has 0 N–H and O–H groups in total. The Labute approximate surface area is 78.4 Å². The van der Waals surface area contributed by atoms with E-state index in [2.05, 4.69) is 36.9 Å². The summed E-state index contributed by atoms with van der Waals surface area (Å²) in [7, 11) is 2.88. The van der Waals surface area contributed by atoms with E-state index in [1.807, 2.05) is 0 Å². The van der Waals surface area contributed by atoms with Crippen LogP contribution in [-0.4, -0.2) is 5.16 Å². The van der Waals surface area contributed by atoms with Gasteiger partial charge in [-0.25, -0.2) is 0 Å². The van der Waals surface area contributed by atoms with E-state index in [0.717, 1.165) is 5.92 Å². The molecule has 58 valence electrons. The SMILES string of the molecule is CCC(C)C(C)(C)P.I. The highest BCUT2D eigenvalue weighted by Gasteiger charge is 2.17. The zero-order chi connectivity index (χ0) is 6.78. The van der Waals surface area contributed by atoms with Gasteiger partial charge in [0.25, 0.3) is 0 Å². The van der Waals surface area contributed by atoms with Gasteiger partial charge < -0.3 is 0 Å². The molecule has 0 aromatic heterocycles. The van der Waals surface area contributed by atoms with Crippen LogP contribution in [0.4, 0.5) is 0 Å². The van der Waals surface area contributed by atoms with Crippen molar-refractivity contribution in [1.82, 2.24) is 0 Å². The molecule has 0 radical (unpaired) electrons. The van der Waals surface area contributed by atoms with Crippen LogP contribution in [0.2, 0.25) is 0 Å². The van der Waals surface area contributed by atoms with E-state index in [0.29, 0.717) is 5.16 Å². The Morgan fingerprint density at radius 1 is 1.44 bits per heavy atom. The highest BCUT2D eigenvalue weighted by Crippen LogP contribution is 2.28. The number of hydrogen-bond donors (Lipinski definition) is 0. The van der Waals surface area contributed by atoms with Crippen molar-refractivity contribution in [3.05, 3.63) is 0 Å². The summed E-state index contributed by atoms with van der Waals surface area (Å²) in [4.78, 5) is 0. The third-order valence-corrected chi connectivity index (χ3v) is 2.45. The largest absolute Gasteiger partial charge is 0.131 e. The Morgan fingerprint density at radius 3 is 1.78 bits per heavy atom. The van der Waals surface area contributed by atoms with Crippen LogP contribution >= 0.6 is 33.2 Å². The van der Waals surface area contributed by atoms with Gasteiger partial charge in [0.2, 0.25) is 0 Å². The van der Waals surface area contributed by atoms with Gasteiger partial charge in [-0.05, 0) is 11.1 Å². The molecule has 0 nitrogen and oxygen atoms in total. The molecule has 0 aliphatic rings. The van der Waals surface area contributed by atoms with Crippen LogP contribution in [0.5, 0.6) is 0 Å². The summed E-state index contributed by atoms with van der Waals surface area (Å²) in [5.74, 6) is 0.812. The summed E-state index contributed by atoms with van der Waals surface area (Å²) in [6.45, 7) is 9.03. The second-order valence-electron chi connectivity index (χ2n) is 3.13. The van der Waals surface area contributed by atoms with Crippen molar-refractivity contribution in [1.29, 1.82) is 0 Å². The molecule has 0 saturated carbocycles. The van der Waals surface area contributed by atoms with Gasteiger partial charge in [-0.2, -0.15) is 0 Å². The smallest absolute Gasteiger partial charge is 0.0181 e. The molecule has 0 amide bonds. The topological polar surface area (TPSA) is 0 Å². The fourth-order valence-electron chi connectivity index (χ4n) is 0.526. The van der Waals surface area contributed by atoms with Gasteiger partial charge in [-0.1, -0.05) is 34.1 Å². The lowest BCUT2D eigenvalue weighted by molar-refractivity contribution is 0.447. The molecule has 0 bridgehead atoms. The summed E-state index contributed by atoms with van der Waals surface area (Å²) in [6.07, 6.45) is 1.27. The average molecular weight is 260 g/mol. The lowest BCUT2D eigenvalue weighted by Crippen LogP contribution is -2.19. The third-order valence-electron chi connectivity index (χ3n) is 1.88. The predicted octanol–water partition coefficient (Wildman–Crippen LogP) is 3.30. The van der Waals surface area contributed by atoms with E-state index in [1.165, 1.54) is 6.42 Å². The molecule has 0 rings (SSSR count). The van der Waals surface area contributed by atoms with Gasteiger partial charge in [0.15, 0.2) is 0 Å². The summed E-state index contributed by atoms with van der Waals surface area (Å²) in [6, 6.07) is 0. The monoisotopic (exact) mass is 260 g/mol. The Balaban J connectivity index is 0. The van der Waals surface area contributed by atoms with Gasteiger partial charge >= 0.3 is 0 Å². The summed E-state index contributed by atoms with van der Waals surface area (Å²) in [5.41, 5.74) is 0. The number of hydrogen-bond acceptors (Lipinski definition) is 0. The molecule has 0 aromatic carbocycles. The number of rotatable bonds is 2. The first kappa shape index (κ1) is 12.8. The van der Waals surface area contributed by atoms with Crippen molar-refractivity contribution in [2.45, 2.75) is 39.3 Å². The Bertz CT molecular complexity index is 65.8. The van der Waals surface area contributed by atoms with Crippen LogP contribution < -0.4 is 0 Å². The second kappa shape index (κ2) is 4.90. The predicted molar refractivity (Wildman–Crippen MR) is 58.7 cm³/mol. The van der Waals surface area contributed by atoms with Crippen molar-refractivity contribution in [3.8, 4) is 0 Å². The highest BCUT2D eigenvalue weighted by molar-refractivity contribution is 14.0. The maximum Gasteiger partial charge on any atom is -0.0181 e. The summed E-state index contributed by atoms with van der Waals surface area (Å²) >= 11 is 0. The van der Waals surface area contributed by atoms with Gasteiger partial charge in [-0.15, -0.1) is 33.2 Å². The molecule has 0 aromatic rings. The van der Waals surface area contributed by atoms with E-state index < -0.39 is 0 Å². The fourth-order valence-corrected chi connectivity index (χ4v) is 0.762. The first-order valence-electron chi connectivity index (χ1n) is 3.27. The zero-order valence-corrected chi connectivity index (χ0v) is 10.3. The normalized spacial score (nSPS) is 14.3. The summed E-state index contributed by atoms with van der Waals surface area (Å²) < 4.78 is 0. The molecule has 0 heterocycles. The van der Waals surface area contributed by atoms with Crippen LogP contribution in [0.3, 0.4) is 0 Å². The molecule has 0 spiro atoms. The van der Waals surface area contributed by atoms with Crippen LogP contribution in [0.1, 0.15) is 34.1 Å². The quantitative estimate of drug-likeness (QED) is 0.528. The highest BCUT2D eigenvalue weighted by atomic mass is 127. The second-order valence-corrected chi connectivity index (χ2v) is 4.62. The molecule has 0 aliphatic carbocycles. The first-order chi connectivity index (χ1) is 3.48. The zero-order valence-electron chi connectivity index (χ0n) is 6.77. The van der Waals surface area contributed by atoms with Gasteiger partial charge in [0.05, 0.1) is 0 Å². The fraction of sp³-hybridized carbons (Fsp3) is 1.00. The maximum atomic E-state index is 2.88. The third kappa shape index (κ3) is 5.60. The van der Waals surface area contributed by atoms with Gasteiger partial charge in [0.1, 0.15) is 0 Å². The van der Waals surface area contributed by atoms with E-state index in [1.54, 1.807) is 0 Å². The summed E-state index contributed by atoms with van der Waals surface area (Å²) in [5, 5.41) is 0.425. The lowest BCUT2D eigenvalue weighted by Gasteiger charge is -2.25. The maximum absolute atomic E-state index is 2.88. The Hall–Kier alpha value is 1.16. The Kier molecular flexibility index (Phi) is 6.97. The standard InChI is InChI=1S/C7H17P.HI/c1-5-6(2)7(3,4)8;/h6H,5,8H2,1-4H3;1H. The van der Waals surface area contributed by atoms with E-state index in [9.17, 15) is 0 Å². The van der Waals surface area contributed by atoms with Crippen molar-refractivity contribution in [3.63, 3.8) is 0 Å². The van der Waals surface area contributed by atoms with Crippen molar-refractivity contribution >= 4 is 33.2 Å². The van der Waals surface area contributed by atoms with Gasteiger partial charge in [0, 0.05) is 0 Å². The number of halogens is 1. The van der Waals surface area contributed by atoms with Crippen LogP contribution in [-0.2, 0) is 0 Å². The Morgan fingerprint density at radius 2 is 1.78 bits per heavy atom. The van der Waals surface area contributed by atoms with Crippen molar-refractivity contribution in [2.24, 2.45) is 5.92 Å². The lowest BCUT2D eigenvalue weighted by atomic mass is 9.95.